The summed E-state index contributed by atoms with van der Waals surface area (Å²) in [4.78, 5) is 9.21. The second kappa shape index (κ2) is 16.9. The number of benzene rings is 1. The molecule has 0 saturated heterocycles. The number of aryl methyl sites for hydroxylation is 1. The maximum absolute atomic E-state index is 5.94. The molecule has 34 heavy (non-hydrogen) atoms. The fraction of sp³-hybridized carbons (Fsp3) is 0.667. The van der Waals surface area contributed by atoms with Crippen LogP contribution in [0.3, 0.4) is 0 Å². The average molecular weight is 483 g/mol. The molecule has 0 spiro atoms. The molecule has 190 valence electrons. The Hall–Kier alpha value is -1.68. The summed E-state index contributed by atoms with van der Waals surface area (Å²) in [5.74, 6) is 1.74. The molecule has 1 aromatic carbocycles. The molecule has 0 amide bonds. The van der Waals surface area contributed by atoms with Crippen molar-refractivity contribution >= 4 is 8.07 Å². The second-order valence-electron chi connectivity index (χ2n) is 10.7. The van der Waals surface area contributed by atoms with E-state index in [9.17, 15) is 0 Å². The van der Waals surface area contributed by atoms with Gasteiger partial charge in [0.25, 0.3) is 0 Å². The molecule has 0 bridgehead atoms. The summed E-state index contributed by atoms with van der Waals surface area (Å²) in [6.07, 6.45) is 21.0. The summed E-state index contributed by atoms with van der Waals surface area (Å²) >= 11 is 0. The average Bonchev–Trinajstić information content (AvgIpc) is 2.86. The highest BCUT2D eigenvalue weighted by Gasteiger charge is 2.16. The van der Waals surface area contributed by atoms with Crippen LogP contribution in [-0.4, -0.2) is 24.6 Å². The molecule has 0 atom stereocenters. The minimum Gasteiger partial charge on any atom is -0.494 e. The minimum atomic E-state index is -0.891. The Morgan fingerprint density at radius 3 is 1.94 bits per heavy atom. The summed E-state index contributed by atoms with van der Waals surface area (Å²) in [6.45, 7) is 10.5. The highest BCUT2D eigenvalue weighted by Crippen LogP contribution is 2.21. The van der Waals surface area contributed by atoms with E-state index in [1.807, 2.05) is 24.5 Å². The van der Waals surface area contributed by atoms with Crippen LogP contribution in [-0.2, 0) is 6.42 Å². The molecule has 0 radical (unpaired) electrons. The fourth-order valence-corrected chi connectivity index (χ4v) is 5.78. The Kier molecular flexibility index (Phi) is 14.2. The number of rotatable bonds is 19. The quantitative estimate of drug-likeness (QED) is 0.148. The summed E-state index contributed by atoms with van der Waals surface area (Å²) in [7, 11) is -0.891. The van der Waals surface area contributed by atoms with Gasteiger partial charge in [-0.05, 0) is 49.1 Å². The molecule has 0 unspecified atom stereocenters. The predicted octanol–water partition coefficient (Wildman–Crippen LogP) is 9.49. The Bertz CT molecular complexity index is 758. The van der Waals surface area contributed by atoms with Crippen molar-refractivity contribution in [2.45, 2.75) is 123 Å². The van der Waals surface area contributed by atoms with Gasteiger partial charge in [-0.25, -0.2) is 9.97 Å². The molecule has 0 N–H and O–H groups in total. The molecular weight excluding hydrogens is 432 g/mol. The van der Waals surface area contributed by atoms with Crippen LogP contribution >= 0.6 is 0 Å². The monoisotopic (exact) mass is 482 g/mol. The normalized spacial score (nSPS) is 11.6. The lowest BCUT2D eigenvalue weighted by molar-refractivity contribution is 0.305. The van der Waals surface area contributed by atoms with Crippen molar-refractivity contribution in [1.29, 1.82) is 0 Å². The number of aromatic nitrogens is 2. The first-order valence-electron chi connectivity index (χ1n) is 14.1. The van der Waals surface area contributed by atoms with Crippen molar-refractivity contribution in [3.05, 3.63) is 42.2 Å². The Balaban J connectivity index is 1.61. The summed E-state index contributed by atoms with van der Waals surface area (Å²) < 4.78 is 5.94. The number of hydrogen-bond acceptors (Lipinski definition) is 3. The second-order valence-corrected chi connectivity index (χ2v) is 16.2. The van der Waals surface area contributed by atoms with Gasteiger partial charge in [0.15, 0.2) is 5.82 Å². The molecule has 0 aliphatic rings. The van der Waals surface area contributed by atoms with Crippen LogP contribution in [0.2, 0.25) is 25.2 Å². The Morgan fingerprint density at radius 2 is 1.29 bits per heavy atom. The van der Waals surface area contributed by atoms with Gasteiger partial charge in [0, 0.05) is 26.0 Å². The summed E-state index contributed by atoms with van der Waals surface area (Å²) in [5, 5.41) is 0. The predicted molar refractivity (Wildman–Crippen MR) is 151 cm³/mol. The van der Waals surface area contributed by atoms with Gasteiger partial charge in [-0.1, -0.05) is 103 Å². The van der Waals surface area contributed by atoms with Crippen LogP contribution in [0.4, 0.5) is 0 Å². The zero-order valence-corrected chi connectivity index (χ0v) is 23.6. The van der Waals surface area contributed by atoms with E-state index >= 15 is 0 Å². The van der Waals surface area contributed by atoms with E-state index in [0.29, 0.717) is 0 Å². The van der Waals surface area contributed by atoms with Gasteiger partial charge in [0.1, 0.15) is 5.75 Å². The molecule has 0 fully saturated rings. The van der Waals surface area contributed by atoms with E-state index in [0.717, 1.165) is 36.6 Å². The molecule has 1 heterocycles. The maximum atomic E-state index is 5.94. The first kappa shape index (κ1) is 28.6. The van der Waals surface area contributed by atoms with Crippen molar-refractivity contribution < 1.29 is 4.74 Å². The van der Waals surface area contributed by atoms with E-state index in [4.69, 9.17) is 4.74 Å². The third-order valence-electron chi connectivity index (χ3n) is 7.11. The lowest BCUT2D eigenvalue weighted by atomic mass is 10.1. The number of unbranched alkanes of at least 4 members (excludes halogenated alkanes) is 10. The highest BCUT2D eigenvalue weighted by molar-refractivity contribution is 6.77. The van der Waals surface area contributed by atoms with Crippen molar-refractivity contribution in [1.82, 2.24) is 9.97 Å². The third-order valence-corrected chi connectivity index (χ3v) is 10.7. The Labute approximate surface area is 211 Å². The minimum absolute atomic E-state index is 0.796. The Morgan fingerprint density at radius 1 is 0.706 bits per heavy atom. The topological polar surface area (TPSA) is 35.0 Å². The van der Waals surface area contributed by atoms with Crippen LogP contribution < -0.4 is 4.74 Å². The van der Waals surface area contributed by atoms with Crippen LogP contribution in [0.1, 0.15) is 96.5 Å². The SMILES string of the molecule is CCCCCCCCCCc1cnc(-c2ccc(OCCCCCC[Si](C)(C)CC)cc2)nc1. The van der Waals surface area contributed by atoms with Gasteiger partial charge in [0.2, 0.25) is 0 Å². The zero-order valence-electron chi connectivity index (χ0n) is 22.6. The molecule has 0 saturated carbocycles. The number of hydrogen-bond donors (Lipinski definition) is 0. The van der Waals surface area contributed by atoms with E-state index < -0.39 is 8.07 Å². The molecule has 0 aliphatic heterocycles. The molecular formula is C30H50N2OSi. The van der Waals surface area contributed by atoms with E-state index in [1.165, 1.54) is 88.3 Å². The standard InChI is InChI=1S/C30H50N2OSi/c1-5-7-8-9-10-11-12-15-18-27-25-31-30(32-26-27)28-19-21-29(22-20-28)33-23-16-13-14-17-24-34(3,4)6-2/h19-22,25-26H,5-18,23-24H2,1-4H3. The van der Waals surface area contributed by atoms with Crippen LogP contribution in [0.5, 0.6) is 5.75 Å². The van der Waals surface area contributed by atoms with Crippen LogP contribution in [0.15, 0.2) is 36.7 Å². The smallest absolute Gasteiger partial charge is 0.159 e. The largest absolute Gasteiger partial charge is 0.494 e. The van der Waals surface area contributed by atoms with Gasteiger partial charge in [-0.3, -0.25) is 0 Å². The van der Waals surface area contributed by atoms with Crippen molar-refractivity contribution in [2.24, 2.45) is 0 Å². The van der Waals surface area contributed by atoms with E-state index in [-0.39, 0.29) is 0 Å². The summed E-state index contributed by atoms with van der Waals surface area (Å²) in [5.41, 5.74) is 2.30. The van der Waals surface area contributed by atoms with E-state index in [2.05, 4.69) is 49.0 Å². The van der Waals surface area contributed by atoms with Gasteiger partial charge in [0.05, 0.1) is 6.61 Å². The van der Waals surface area contributed by atoms with E-state index in [1.54, 1.807) is 0 Å². The van der Waals surface area contributed by atoms with Gasteiger partial charge in [-0.2, -0.15) is 0 Å². The highest BCUT2D eigenvalue weighted by atomic mass is 28.3. The number of nitrogens with zero attached hydrogens (tertiary/aromatic N) is 2. The van der Waals surface area contributed by atoms with Crippen molar-refractivity contribution in [2.75, 3.05) is 6.61 Å². The van der Waals surface area contributed by atoms with Gasteiger partial charge in [-0.15, -0.1) is 0 Å². The van der Waals surface area contributed by atoms with Crippen LogP contribution in [0.25, 0.3) is 11.4 Å². The number of ether oxygens (including phenoxy) is 1. The molecule has 2 rings (SSSR count). The fourth-order valence-electron chi connectivity index (χ4n) is 4.22. The molecule has 3 nitrogen and oxygen atoms in total. The molecule has 2 aromatic rings. The zero-order chi connectivity index (χ0) is 24.5. The molecule has 0 aliphatic carbocycles. The maximum Gasteiger partial charge on any atom is 0.159 e. The summed E-state index contributed by atoms with van der Waals surface area (Å²) in [6, 6.07) is 11.1. The van der Waals surface area contributed by atoms with Gasteiger partial charge >= 0.3 is 0 Å². The molecule has 4 heteroatoms. The van der Waals surface area contributed by atoms with Crippen LogP contribution in [0, 0.1) is 0 Å². The van der Waals surface area contributed by atoms with Gasteiger partial charge < -0.3 is 4.74 Å². The van der Waals surface area contributed by atoms with Crippen molar-refractivity contribution in [3.63, 3.8) is 0 Å². The lowest BCUT2D eigenvalue weighted by Gasteiger charge is -2.19. The lowest BCUT2D eigenvalue weighted by Crippen LogP contribution is -2.22. The third kappa shape index (κ3) is 12.1. The molecule has 1 aromatic heterocycles. The first-order valence-corrected chi connectivity index (χ1v) is 17.5. The first-order chi connectivity index (χ1) is 16.5. The van der Waals surface area contributed by atoms with Crippen molar-refractivity contribution in [3.8, 4) is 17.1 Å².